The van der Waals surface area contributed by atoms with Crippen LogP contribution in [0.1, 0.15) is 22.3 Å². The van der Waals surface area contributed by atoms with E-state index in [1.54, 1.807) is 0 Å². The molecule has 0 aromatic heterocycles. The number of benzene rings is 5. The predicted octanol–water partition coefficient (Wildman–Crippen LogP) is 9.80. The molecule has 6 aromatic rings. The van der Waals surface area contributed by atoms with Crippen LogP contribution < -0.4 is 0 Å². The molecule has 0 nitrogen and oxygen atoms in total. The van der Waals surface area contributed by atoms with Gasteiger partial charge in [-0.2, -0.15) is 47.3 Å². The summed E-state index contributed by atoms with van der Waals surface area (Å²) in [5.41, 5.74) is 7.78. The second kappa shape index (κ2) is 13.1. The third-order valence-electron chi connectivity index (χ3n) is 6.48. The fourth-order valence-electron chi connectivity index (χ4n) is 4.66. The van der Waals surface area contributed by atoms with Crippen molar-refractivity contribution in [3.8, 4) is 11.1 Å². The van der Waals surface area contributed by atoms with E-state index in [2.05, 4.69) is 109 Å². The normalized spacial score (nSPS) is 10.8. The van der Waals surface area contributed by atoms with Gasteiger partial charge in [0.1, 0.15) is 0 Å². The Hall–Kier alpha value is -3.13. The van der Waals surface area contributed by atoms with Gasteiger partial charge in [0.25, 0.3) is 0 Å². The third-order valence-corrected chi connectivity index (χ3v) is 9.53. The molecule has 0 heterocycles. The standard InChI is InChI=1S/C13H9.C13H10.C9H7.2ClH.Ti/c1-3-7-12-10(5-1)9-11-6-2-4-8-13(11)12;1-3-7-12(8-4-1)11-13-9-5-2-6-10-13;1-2-5-9-7-3-6-8(9)4-1;;;/h1-5,7-8H,9H2;1-10H;1-7H;2*1H;/q-1;;-1;;;+2/p-2. The van der Waals surface area contributed by atoms with Crippen LogP contribution in [0.5, 0.6) is 0 Å². The van der Waals surface area contributed by atoms with E-state index in [9.17, 15) is 0 Å². The van der Waals surface area contributed by atoms with Crippen LogP contribution >= 0.6 is 18.6 Å². The molecule has 0 spiro atoms. The Balaban J connectivity index is 0.000000120. The van der Waals surface area contributed by atoms with Gasteiger partial charge in [-0.05, 0) is 6.42 Å². The Morgan fingerprint density at radius 1 is 0.632 bits per heavy atom. The minimum atomic E-state index is -2.15. The SMILES string of the molecule is [Cl][Ti]([Cl])=[C](c1ccccc1)c1ccccc1.[c-]1cccc2c1Cc1ccccc1-2.c1ccc2[cH-]ccc2c1. The van der Waals surface area contributed by atoms with Gasteiger partial charge in [0.15, 0.2) is 0 Å². The minimum absolute atomic E-state index is 1.05. The molecule has 1 aliphatic rings. The van der Waals surface area contributed by atoms with Gasteiger partial charge in [0, 0.05) is 0 Å². The van der Waals surface area contributed by atoms with Crippen molar-refractivity contribution in [3.05, 3.63) is 174 Å². The van der Waals surface area contributed by atoms with Crippen LogP contribution in [0.3, 0.4) is 0 Å². The van der Waals surface area contributed by atoms with E-state index in [1.165, 1.54) is 33.0 Å². The average molecular weight is 565 g/mol. The smallest absolute Gasteiger partial charge is 0.0253 e. The number of rotatable bonds is 2. The molecule has 7 rings (SSSR count). The Morgan fingerprint density at radius 2 is 1.24 bits per heavy atom. The molecular formula is C35H26Cl2Ti-2. The van der Waals surface area contributed by atoms with Crippen LogP contribution in [0, 0.1) is 6.07 Å². The molecule has 6 aromatic carbocycles. The Morgan fingerprint density at radius 3 is 1.92 bits per heavy atom. The topological polar surface area (TPSA) is 0 Å². The summed E-state index contributed by atoms with van der Waals surface area (Å²) in [4.78, 5) is 0. The van der Waals surface area contributed by atoms with E-state index in [4.69, 9.17) is 18.6 Å². The Kier molecular flexibility index (Phi) is 9.12. The summed E-state index contributed by atoms with van der Waals surface area (Å²) in [6.07, 6.45) is 1.05. The van der Waals surface area contributed by atoms with E-state index in [0.717, 1.165) is 21.4 Å². The molecule has 3 heteroatoms. The van der Waals surface area contributed by atoms with Gasteiger partial charge in [-0.15, -0.1) is 35.2 Å². The van der Waals surface area contributed by atoms with Crippen molar-refractivity contribution >= 4 is 33.2 Å². The largest absolute Gasteiger partial charge is 0.179 e. The summed E-state index contributed by atoms with van der Waals surface area (Å²) in [5.74, 6) is 0. The third kappa shape index (κ3) is 6.47. The summed E-state index contributed by atoms with van der Waals surface area (Å²) in [7, 11) is 12.4. The van der Waals surface area contributed by atoms with Crippen LogP contribution in [0.4, 0.5) is 0 Å². The molecule has 0 N–H and O–H groups in total. The molecule has 0 bridgehead atoms. The monoisotopic (exact) mass is 564 g/mol. The quantitative estimate of drug-likeness (QED) is 0.145. The average Bonchev–Trinajstić information content (AvgIpc) is 3.60. The fraction of sp³-hybridized carbons (Fsp3) is 0.0286. The van der Waals surface area contributed by atoms with Crippen molar-refractivity contribution in [2.45, 2.75) is 6.42 Å². The first kappa shape index (κ1) is 26.5. The van der Waals surface area contributed by atoms with Crippen molar-refractivity contribution < 1.29 is 15.3 Å². The minimum Gasteiger partial charge on any atom is -0.179 e. The van der Waals surface area contributed by atoms with Crippen LogP contribution in [-0.4, -0.2) is 3.81 Å². The molecule has 1 aliphatic carbocycles. The van der Waals surface area contributed by atoms with Crippen LogP contribution in [0.2, 0.25) is 0 Å². The van der Waals surface area contributed by atoms with Gasteiger partial charge >= 0.3 is 109 Å². The molecule has 0 amide bonds. The van der Waals surface area contributed by atoms with Crippen LogP contribution in [0.15, 0.2) is 146 Å². The molecule has 0 unspecified atom stereocenters. The van der Waals surface area contributed by atoms with E-state index < -0.39 is 15.3 Å². The van der Waals surface area contributed by atoms with E-state index in [1.807, 2.05) is 42.5 Å². The van der Waals surface area contributed by atoms with E-state index in [0.29, 0.717) is 0 Å². The number of hydrogen-bond acceptors (Lipinski definition) is 0. The van der Waals surface area contributed by atoms with Crippen molar-refractivity contribution in [3.63, 3.8) is 0 Å². The van der Waals surface area contributed by atoms with Crippen molar-refractivity contribution in [1.29, 1.82) is 0 Å². The molecule has 0 atom stereocenters. The summed E-state index contributed by atoms with van der Waals surface area (Å²) in [6.45, 7) is 0. The zero-order valence-corrected chi connectivity index (χ0v) is 23.9. The molecule has 0 saturated heterocycles. The van der Waals surface area contributed by atoms with Gasteiger partial charge in [0.05, 0.1) is 0 Å². The zero-order valence-electron chi connectivity index (χ0n) is 20.8. The maximum Gasteiger partial charge on any atom is -0.0253 e. The Bertz CT molecular complexity index is 1530. The maximum atomic E-state index is 6.21. The Labute approximate surface area is 238 Å². The molecule has 186 valence electrons. The predicted molar refractivity (Wildman–Crippen MR) is 161 cm³/mol. The first-order chi connectivity index (χ1) is 18.7. The van der Waals surface area contributed by atoms with Crippen molar-refractivity contribution in [1.82, 2.24) is 0 Å². The van der Waals surface area contributed by atoms with Gasteiger partial charge in [-0.3, -0.25) is 0 Å². The second-order valence-corrected chi connectivity index (χ2v) is 14.4. The van der Waals surface area contributed by atoms with Crippen LogP contribution in [0.25, 0.3) is 21.9 Å². The summed E-state index contributed by atoms with van der Waals surface area (Å²) in [5, 5.41) is 2.66. The van der Waals surface area contributed by atoms with Gasteiger partial charge < -0.3 is 0 Å². The molecule has 0 radical (unpaired) electrons. The summed E-state index contributed by atoms with van der Waals surface area (Å²) < 4.78 is 1.12. The summed E-state index contributed by atoms with van der Waals surface area (Å²) in [6, 6.07) is 53.0. The van der Waals surface area contributed by atoms with E-state index in [-0.39, 0.29) is 0 Å². The number of hydrogen-bond donors (Lipinski definition) is 0. The van der Waals surface area contributed by atoms with Crippen molar-refractivity contribution in [2.75, 3.05) is 0 Å². The zero-order chi connectivity index (χ0) is 26.2. The van der Waals surface area contributed by atoms with Gasteiger partial charge in [-0.1, -0.05) is 41.5 Å². The van der Waals surface area contributed by atoms with Gasteiger partial charge in [0.2, 0.25) is 0 Å². The second-order valence-electron chi connectivity index (χ2n) is 8.92. The van der Waals surface area contributed by atoms with Crippen LogP contribution in [-0.2, 0) is 21.7 Å². The fourth-order valence-corrected chi connectivity index (χ4v) is 7.66. The maximum absolute atomic E-state index is 6.21. The van der Waals surface area contributed by atoms with E-state index >= 15 is 0 Å². The summed E-state index contributed by atoms with van der Waals surface area (Å²) >= 11 is -2.15. The molecule has 0 saturated carbocycles. The molecule has 0 fully saturated rings. The number of halogens is 2. The molecule has 38 heavy (non-hydrogen) atoms. The first-order valence-corrected chi connectivity index (χ1v) is 17.6. The number of fused-ring (bicyclic) bond motifs is 4. The van der Waals surface area contributed by atoms with Crippen molar-refractivity contribution in [2.24, 2.45) is 0 Å². The molecular weight excluding hydrogens is 539 g/mol. The molecule has 0 aliphatic heterocycles. The van der Waals surface area contributed by atoms with Gasteiger partial charge in [-0.25, -0.2) is 0 Å². The first-order valence-electron chi connectivity index (χ1n) is 12.5.